The molecule has 2 fully saturated rings. The van der Waals surface area contributed by atoms with Crippen molar-refractivity contribution in [3.63, 3.8) is 0 Å². The number of carbonyl (C=O) groups is 2. The van der Waals surface area contributed by atoms with Crippen LogP contribution < -0.4 is 14.5 Å². The van der Waals surface area contributed by atoms with Crippen molar-refractivity contribution >= 4 is 40.4 Å². The second kappa shape index (κ2) is 7.48. The van der Waals surface area contributed by atoms with Crippen LogP contribution in [0.1, 0.15) is 18.4 Å². The normalized spacial score (nSPS) is 18.6. The van der Waals surface area contributed by atoms with Crippen molar-refractivity contribution in [3.8, 4) is 5.75 Å². The van der Waals surface area contributed by atoms with Crippen molar-refractivity contribution < 1.29 is 14.3 Å². The molecule has 5 nitrogen and oxygen atoms in total. The van der Waals surface area contributed by atoms with Crippen molar-refractivity contribution in [3.05, 3.63) is 59.0 Å². The summed E-state index contributed by atoms with van der Waals surface area (Å²) in [6, 6.07) is 15.2. The van der Waals surface area contributed by atoms with Crippen molar-refractivity contribution in [2.45, 2.75) is 12.8 Å². The Kier molecular flexibility index (Phi) is 4.90. The van der Waals surface area contributed by atoms with E-state index in [1.807, 2.05) is 12.1 Å². The molecule has 2 aromatic rings. The van der Waals surface area contributed by atoms with Gasteiger partial charge in [0.25, 0.3) is 11.1 Å². The number of para-hydroxylation sites is 2. The molecular weight excluding hydrogens is 360 g/mol. The molecule has 4 rings (SSSR count). The van der Waals surface area contributed by atoms with E-state index in [9.17, 15) is 9.59 Å². The van der Waals surface area contributed by atoms with Gasteiger partial charge in [-0.15, -0.1) is 0 Å². The molecule has 6 heteroatoms. The molecule has 2 heterocycles. The van der Waals surface area contributed by atoms with Gasteiger partial charge in [-0.05, 0) is 60.5 Å². The minimum Gasteiger partial charge on any atom is -0.495 e. The maximum Gasteiger partial charge on any atom is 0.298 e. The standard InChI is InChI=1S/C21H20N2O3S/c1-26-18-7-3-2-6-17(18)23-20(24)19(27-21(23)25)14-15-8-10-16(11-9-15)22-12-4-5-13-22/h2-3,6-11,14H,4-5,12-13H2,1H3/b19-14-. The van der Waals surface area contributed by atoms with Gasteiger partial charge in [0.1, 0.15) is 5.75 Å². The van der Waals surface area contributed by atoms with Crippen LogP contribution >= 0.6 is 11.8 Å². The number of nitrogens with zero attached hydrogens (tertiary/aromatic N) is 2. The van der Waals surface area contributed by atoms with E-state index in [0.29, 0.717) is 16.3 Å². The molecule has 138 valence electrons. The maximum absolute atomic E-state index is 12.8. The Labute approximate surface area is 162 Å². The first-order valence-corrected chi connectivity index (χ1v) is 9.75. The van der Waals surface area contributed by atoms with Crippen LogP contribution in [-0.2, 0) is 4.79 Å². The molecule has 0 bridgehead atoms. The predicted octanol–water partition coefficient (Wildman–Crippen LogP) is 4.54. The van der Waals surface area contributed by atoms with Crippen molar-refractivity contribution in [2.24, 2.45) is 0 Å². The summed E-state index contributed by atoms with van der Waals surface area (Å²) in [7, 11) is 1.52. The number of anilines is 2. The summed E-state index contributed by atoms with van der Waals surface area (Å²) in [5, 5.41) is -0.315. The molecule has 0 N–H and O–H groups in total. The molecule has 2 aromatic carbocycles. The van der Waals surface area contributed by atoms with E-state index in [2.05, 4.69) is 17.0 Å². The van der Waals surface area contributed by atoms with Crippen molar-refractivity contribution in [1.82, 2.24) is 0 Å². The molecule has 0 aliphatic carbocycles. The minimum absolute atomic E-state index is 0.315. The van der Waals surface area contributed by atoms with E-state index in [4.69, 9.17) is 4.74 Å². The van der Waals surface area contributed by atoms with Gasteiger partial charge in [-0.3, -0.25) is 9.59 Å². The Bertz CT molecular complexity index is 902. The van der Waals surface area contributed by atoms with Gasteiger partial charge in [-0.25, -0.2) is 4.90 Å². The molecule has 2 amide bonds. The number of amides is 2. The van der Waals surface area contributed by atoms with Gasteiger partial charge in [0.2, 0.25) is 0 Å². The third-order valence-electron chi connectivity index (χ3n) is 4.78. The van der Waals surface area contributed by atoms with Gasteiger partial charge in [0, 0.05) is 18.8 Å². The van der Waals surface area contributed by atoms with Crippen LogP contribution in [0, 0.1) is 0 Å². The highest BCUT2D eigenvalue weighted by molar-refractivity contribution is 8.19. The van der Waals surface area contributed by atoms with Crippen LogP contribution in [0.25, 0.3) is 6.08 Å². The fraction of sp³-hybridized carbons (Fsp3) is 0.238. The number of imide groups is 1. The summed E-state index contributed by atoms with van der Waals surface area (Å²) in [4.78, 5) is 29.2. The van der Waals surface area contributed by atoms with Crippen LogP contribution in [0.2, 0.25) is 0 Å². The number of hydrogen-bond donors (Lipinski definition) is 0. The largest absolute Gasteiger partial charge is 0.495 e. The smallest absolute Gasteiger partial charge is 0.298 e. The molecule has 0 radical (unpaired) electrons. The van der Waals surface area contributed by atoms with Crippen LogP contribution in [-0.4, -0.2) is 31.3 Å². The molecular formula is C21H20N2O3S. The second-order valence-electron chi connectivity index (χ2n) is 6.47. The van der Waals surface area contributed by atoms with Gasteiger partial charge in [-0.2, -0.15) is 0 Å². The first-order chi connectivity index (χ1) is 13.2. The van der Waals surface area contributed by atoms with E-state index in [0.717, 1.165) is 30.4 Å². The zero-order valence-electron chi connectivity index (χ0n) is 15.1. The quantitative estimate of drug-likeness (QED) is 0.729. The van der Waals surface area contributed by atoms with E-state index in [-0.39, 0.29) is 11.1 Å². The number of benzene rings is 2. The summed E-state index contributed by atoms with van der Waals surface area (Å²) in [6.07, 6.45) is 4.24. The number of ether oxygens (including phenoxy) is 1. The molecule has 2 saturated heterocycles. The van der Waals surface area contributed by atoms with Gasteiger partial charge in [0.05, 0.1) is 17.7 Å². The third-order valence-corrected chi connectivity index (χ3v) is 5.65. The van der Waals surface area contributed by atoms with Gasteiger partial charge < -0.3 is 9.64 Å². The number of methoxy groups -OCH3 is 1. The monoisotopic (exact) mass is 380 g/mol. The average Bonchev–Trinajstić information content (AvgIpc) is 3.31. The van der Waals surface area contributed by atoms with E-state index in [1.165, 1.54) is 30.5 Å². The SMILES string of the molecule is COc1ccccc1N1C(=O)S/C(=C\c2ccc(N3CCCC3)cc2)C1=O. The van der Waals surface area contributed by atoms with Crippen molar-refractivity contribution in [1.29, 1.82) is 0 Å². The Morgan fingerprint density at radius 1 is 1.00 bits per heavy atom. The molecule has 0 atom stereocenters. The van der Waals surface area contributed by atoms with Crippen LogP contribution in [0.3, 0.4) is 0 Å². The third kappa shape index (κ3) is 3.45. The van der Waals surface area contributed by atoms with Gasteiger partial charge in [0.15, 0.2) is 0 Å². The van der Waals surface area contributed by atoms with E-state index >= 15 is 0 Å². The zero-order valence-corrected chi connectivity index (χ0v) is 15.9. The Hall–Kier alpha value is -2.73. The molecule has 0 spiro atoms. The molecule has 27 heavy (non-hydrogen) atoms. The first-order valence-electron chi connectivity index (χ1n) is 8.93. The Morgan fingerprint density at radius 3 is 2.41 bits per heavy atom. The topological polar surface area (TPSA) is 49.9 Å². The van der Waals surface area contributed by atoms with E-state index in [1.54, 1.807) is 30.3 Å². The summed E-state index contributed by atoms with van der Waals surface area (Å²) in [5.41, 5.74) is 2.57. The molecule has 0 unspecified atom stereocenters. The molecule has 0 aromatic heterocycles. The predicted molar refractivity (Wildman–Crippen MR) is 109 cm³/mol. The zero-order chi connectivity index (χ0) is 18.8. The molecule has 0 saturated carbocycles. The van der Waals surface area contributed by atoms with Gasteiger partial charge >= 0.3 is 0 Å². The number of thioether (sulfide) groups is 1. The highest BCUT2D eigenvalue weighted by Gasteiger charge is 2.37. The molecule has 2 aliphatic heterocycles. The fourth-order valence-electron chi connectivity index (χ4n) is 3.40. The van der Waals surface area contributed by atoms with Crippen LogP contribution in [0.4, 0.5) is 16.2 Å². The van der Waals surface area contributed by atoms with Crippen molar-refractivity contribution in [2.75, 3.05) is 30.0 Å². The summed E-state index contributed by atoms with van der Waals surface area (Å²) in [5.74, 6) is 0.175. The summed E-state index contributed by atoms with van der Waals surface area (Å²) < 4.78 is 5.29. The number of rotatable bonds is 4. The lowest BCUT2D eigenvalue weighted by Crippen LogP contribution is -2.28. The highest BCUT2D eigenvalue weighted by Crippen LogP contribution is 2.39. The Morgan fingerprint density at radius 2 is 1.70 bits per heavy atom. The van der Waals surface area contributed by atoms with E-state index < -0.39 is 0 Å². The first kappa shape index (κ1) is 17.7. The lowest BCUT2D eigenvalue weighted by Gasteiger charge is -2.17. The number of hydrogen-bond acceptors (Lipinski definition) is 5. The highest BCUT2D eigenvalue weighted by atomic mass is 32.2. The lowest BCUT2D eigenvalue weighted by atomic mass is 10.1. The maximum atomic E-state index is 12.8. The van der Waals surface area contributed by atoms with Gasteiger partial charge in [-0.1, -0.05) is 24.3 Å². The van der Waals surface area contributed by atoms with Crippen LogP contribution in [0.5, 0.6) is 5.75 Å². The van der Waals surface area contributed by atoms with Crippen LogP contribution in [0.15, 0.2) is 53.4 Å². The molecule has 2 aliphatic rings. The second-order valence-corrected chi connectivity index (χ2v) is 7.47. The summed E-state index contributed by atoms with van der Waals surface area (Å²) in [6.45, 7) is 2.19. The Balaban J connectivity index is 1.58. The summed E-state index contributed by atoms with van der Waals surface area (Å²) >= 11 is 0.953. The minimum atomic E-state index is -0.321. The lowest BCUT2D eigenvalue weighted by molar-refractivity contribution is -0.113. The fourth-order valence-corrected chi connectivity index (χ4v) is 4.23. The average molecular weight is 380 g/mol. The number of carbonyl (C=O) groups excluding carboxylic acids is 2.